The number of H-pyrrole nitrogens is 1. The van der Waals surface area contributed by atoms with E-state index in [1.165, 1.54) is 12.1 Å². The van der Waals surface area contributed by atoms with E-state index >= 15 is 0 Å². The van der Waals surface area contributed by atoms with Gasteiger partial charge in [-0.2, -0.15) is 0 Å². The van der Waals surface area contributed by atoms with Crippen molar-refractivity contribution in [3.05, 3.63) is 52.6 Å². The van der Waals surface area contributed by atoms with Crippen molar-refractivity contribution in [1.29, 1.82) is 0 Å². The van der Waals surface area contributed by atoms with Crippen molar-refractivity contribution < 1.29 is 4.39 Å². The molecule has 1 N–H and O–H groups in total. The molecule has 96 valence electrons. The first-order valence-electron chi connectivity index (χ1n) is 5.79. The number of benzene rings is 1. The topological polar surface area (TPSA) is 46.5 Å². The van der Waals surface area contributed by atoms with Crippen LogP contribution in [0, 0.1) is 17.5 Å². The number of fused-ring (bicyclic) bond motifs is 1. The molecule has 0 bridgehead atoms. The van der Waals surface area contributed by atoms with Gasteiger partial charge in [-0.05, 0) is 37.3 Å². The van der Waals surface area contributed by atoms with Gasteiger partial charge < -0.3 is 9.55 Å². The molecule has 0 amide bonds. The van der Waals surface area contributed by atoms with Crippen molar-refractivity contribution in [2.75, 3.05) is 0 Å². The van der Waals surface area contributed by atoms with Crippen LogP contribution in [0.3, 0.4) is 0 Å². The first-order chi connectivity index (χ1) is 9.13. The zero-order valence-corrected chi connectivity index (χ0v) is 11.0. The van der Waals surface area contributed by atoms with E-state index < -0.39 is 0 Å². The highest BCUT2D eigenvalue weighted by Crippen LogP contribution is 2.16. The van der Waals surface area contributed by atoms with Gasteiger partial charge in [-0.3, -0.25) is 9.97 Å². The number of aryl methyl sites for hydroxylation is 1. The molecule has 0 aliphatic carbocycles. The molecule has 0 saturated carbocycles. The monoisotopic (exact) mass is 274 g/mol. The van der Waals surface area contributed by atoms with Crippen LogP contribution in [-0.4, -0.2) is 19.5 Å². The number of aromatic amines is 1. The number of halogens is 1. The van der Waals surface area contributed by atoms with Crippen molar-refractivity contribution in [2.45, 2.75) is 13.5 Å². The molecule has 3 aromatic rings. The minimum Gasteiger partial charge on any atom is -0.331 e. The maximum Gasteiger partial charge on any atom is 0.178 e. The molecule has 3 rings (SSSR count). The predicted molar refractivity (Wildman–Crippen MR) is 73.0 cm³/mol. The lowest BCUT2D eigenvalue weighted by Gasteiger charge is -2.04. The summed E-state index contributed by atoms with van der Waals surface area (Å²) in [5.74, 6) is -0.287. The fourth-order valence-corrected chi connectivity index (χ4v) is 2.22. The molecule has 2 aromatic heterocycles. The van der Waals surface area contributed by atoms with Crippen molar-refractivity contribution >= 4 is 23.3 Å². The molecule has 0 radical (unpaired) electrons. The van der Waals surface area contributed by atoms with E-state index in [4.69, 9.17) is 12.2 Å². The minimum atomic E-state index is -0.287. The third-order valence-electron chi connectivity index (χ3n) is 2.89. The van der Waals surface area contributed by atoms with E-state index in [1.54, 1.807) is 18.5 Å². The van der Waals surface area contributed by atoms with E-state index in [0.29, 0.717) is 11.3 Å². The zero-order valence-electron chi connectivity index (χ0n) is 10.2. The van der Waals surface area contributed by atoms with Crippen molar-refractivity contribution in [3.8, 4) is 0 Å². The Morgan fingerprint density at radius 2 is 2.16 bits per heavy atom. The number of nitrogens with zero attached hydrogens (tertiary/aromatic N) is 3. The molecule has 0 atom stereocenters. The lowest BCUT2D eigenvalue weighted by atomic mass is 10.3. The highest BCUT2D eigenvalue weighted by molar-refractivity contribution is 7.71. The maximum absolute atomic E-state index is 13.3. The number of hydrogen-bond acceptors (Lipinski definition) is 3. The molecule has 6 heteroatoms. The van der Waals surface area contributed by atoms with Crippen LogP contribution in [0.25, 0.3) is 11.0 Å². The summed E-state index contributed by atoms with van der Waals surface area (Å²) in [5.41, 5.74) is 3.18. The average molecular weight is 274 g/mol. The average Bonchev–Trinajstić information content (AvgIpc) is 2.69. The van der Waals surface area contributed by atoms with Gasteiger partial charge in [-0.1, -0.05) is 0 Å². The molecular formula is C13H11FN4S. The van der Waals surface area contributed by atoms with E-state index in [0.717, 1.165) is 22.4 Å². The Labute approximate surface area is 114 Å². The van der Waals surface area contributed by atoms with Crippen LogP contribution in [0.2, 0.25) is 0 Å². The Morgan fingerprint density at radius 3 is 2.89 bits per heavy atom. The summed E-state index contributed by atoms with van der Waals surface area (Å²) >= 11 is 5.26. The van der Waals surface area contributed by atoms with Crippen molar-refractivity contribution in [1.82, 2.24) is 19.5 Å². The second-order valence-corrected chi connectivity index (χ2v) is 4.71. The first kappa shape index (κ1) is 12.0. The number of imidazole rings is 1. The lowest BCUT2D eigenvalue weighted by Crippen LogP contribution is -2.03. The molecule has 0 saturated heterocycles. The van der Waals surface area contributed by atoms with Gasteiger partial charge in [0.1, 0.15) is 5.82 Å². The first-order valence-corrected chi connectivity index (χ1v) is 6.20. The molecular weight excluding hydrogens is 263 g/mol. The van der Waals surface area contributed by atoms with Crippen LogP contribution in [-0.2, 0) is 6.54 Å². The molecule has 4 nitrogen and oxygen atoms in total. The quantitative estimate of drug-likeness (QED) is 0.731. The van der Waals surface area contributed by atoms with Gasteiger partial charge in [0, 0.05) is 6.20 Å². The summed E-state index contributed by atoms with van der Waals surface area (Å²) in [6, 6.07) is 4.55. The Kier molecular flexibility index (Phi) is 2.87. The van der Waals surface area contributed by atoms with Crippen LogP contribution in [0.4, 0.5) is 4.39 Å². The molecule has 0 aliphatic rings. The smallest absolute Gasteiger partial charge is 0.178 e. The van der Waals surface area contributed by atoms with Crippen LogP contribution in [0.5, 0.6) is 0 Å². The van der Waals surface area contributed by atoms with Crippen LogP contribution < -0.4 is 0 Å². The molecule has 2 heterocycles. The van der Waals surface area contributed by atoms with E-state index in [-0.39, 0.29) is 5.82 Å². The summed E-state index contributed by atoms with van der Waals surface area (Å²) in [4.78, 5) is 11.5. The third-order valence-corrected chi connectivity index (χ3v) is 3.21. The summed E-state index contributed by atoms with van der Waals surface area (Å²) < 4.78 is 15.7. The zero-order chi connectivity index (χ0) is 13.4. The number of aromatic nitrogens is 4. The van der Waals surface area contributed by atoms with E-state index in [2.05, 4.69) is 15.0 Å². The van der Waals surface area contributed by atoms with Crippen molar-refractivity contribution in [3.63, 3.8) is 0 Å². The highest BCUT2D eigenvalue weighted by atomic mass is 32.1. The van der Waals surface area contributed by atoms with Crippen LogP contribution in [0.1, 0.15) is 11.4 Å². The van der Waals surface area contributed by atoms with Crippen LogP contribution >= 0.6 is 12.2 Å². The predicted octanol–water partition coefficient (Wildman–Crippen LogP) is 2.98. The van der Waals surface area contributed by atoms with Gasteiger partial charge in [-0.15, -0.1) is 0 Å². The summed E-state index contributed by atoms with van der Waals surface area (Å²) in [6.07, 6.45) is 3.41. The van der Waals surface area contributed by atoms with E-state index in [1.807, 2.05) is 11.5 Å². The molecule has 1 aromatic carbocycles. The summed E-state index contributed by atoms with van der Waals surface area (Å²) in [5, 5.41) is 0. The number of hydrogen-bond donors (Lipinski definition) is 1. The van der Waals surface area contributed by atoms with Gasteiger partial charge in [-0.25, -0.2) is 4.39 Å². The Bertz CT molecular complexity index is 789. The van der Waals surface area contributed by atoms with Gasteiger partial charge in [0.15, 0.2) is 4.77 Å². The van der Waals surface area contributed by atoms with Crippen LogP contribution in [0.15, 0.2) is 30.6 Å². The SMILES string of the molecule is Cc1cnc(Cn2c(=S)[nH]c3ccc(F)cc32)cn1. The Balaban J connectivity index is 2.09. The highest BCUT2D eigenvalue weighted by Gasteiger charge is 2.07. The van der Waals surface area contributed by atoms with Gasteiger partial charge >= 0.3 is 0 Å². The Morgan fingerprint density at radius 1 is 1.32 bits per heavy atom. The van der Waals surface area contributed by atoms with Gasteiger partial charge in [0.05, 0.1) is 35.2 Å². The molecule has 19 heavy (non-hydrogen) atoms. The minimum absolute atomic E-state index is 0.287. The van der Waals surface area contributed by atoms with Gasteiger partial charge in [0.2, 0.25) is 0 Å². The Hall–Kier alpha value is -2.08. The van der Waals surface area contributed by atoms with Gasteiger partial charge in [0.25, 0.3) is 0 Å². The molecule has 0 fully saturated rings. The standard InChI is InChI=1S/C13H11FN4S/c1-8-5-16-10(6-15-8)7-18-12-4-9(14)2-3-11(12)17-13(18)19/h2-6H,7H2,1H3,(H,17,19). The second kappa shape index (κ2) is 4.55. The normalized spacial score (nSPS) is 11.1. The summed E-state index contributed by atoms with van der Waals surface area (Å²) in [6.45, 7) is 2.35. The largest absolute Gasteiger partial charge is 0.331 e. The molecule has 0 aliphatic heterocycles. The van der Waals surface area contributed by atoms with E-state index in [9.17, 15) is 4.39 Å². The number of nitrogens with one attached hydrogen (secondary N) is 1. The molecule has 0 spiro atoms. The maximum atomic E-state index is 13.3. The molecule has 0 unspecified atom stereocenters. The van der Waals surface area contributed by atoms with Crippen molar-refractivity contribution in [2.24, 2.45) is 0 Å². The lowest BCUT2D eigenvalue weighted by molar-refractivity contribution is 0.628. The third kappa shape index (κ3) is 2.26. The number of rotatable bonds is 2. The fraction of sp³-hybridized carbons (Fsp3) is 0.154. The second-order valence-electron chi connectivity index (χ2n) is 4.33. The summed E-state index contributed by atoms with van der Waals surface area (Å²) in [7, 11) is 0. The fourth-order valence-electron chi connectivity index (χ4n) is 1.95.